The fourth-order valence-corrected chi connectivity index (χ4v) is 4.06. The van der Waals surface area contributed by atoms with Crippen LogP contribution >= 0.6 is 0 Å². The van der Waals surface area contributed by atoms with Gasteiger partial charge in [0.25, 0.3) is 10.0 Å². The van der Waals surface area contributed by atoms with Gasteiger partial charge in [0.1, 0.15) is 0 Å². The van der Waals surface area contributed by atoms with Crippen molar-refractivity contribution in [2.75, 3.05) is 13.1 Å². The largest absolute Gasteiger partial charge is 0.264 e. The molecule has 3 rings (SSSR count). The molecule has 1 fully saturated rings. The topological polar surface area (TPSA) is 62.3 Å². The smallest absolute Gasteiger partial charge is 0.256 e. The number of sulfonamides is 1. The molecule has 2 aromatic rings. The maximum Gasteiger partial charge on any atom is 0.256 e. The lowest BCUT2D eigenvalue weighted by Crippen LogP contribution is -2.42. The summed E-state index contributed by atoms with van der Waals surface area (Å²) in [5.41, 5.74) is 3.01. The van der Waals surface area contributed by atoms with Gasteiger partial charge in [-0.25, -0.2) is 13.8 Å². The van der Waals surface area contributed by atoms with Crippen LogP contribution in [0, 0.1) is 0 Å². The Morgan fingerprint density at radius 3 is 2.95 bits per heavy atom. The van der Waals surface area contributed by atoms with Crippen LogP contribution in [-0.4, -0.2) is 30.9 Å². The highest BCUT2D eigenvalue weighted by molar-refractivity contribution is 7.89. The zero-order valence-corrected chi connectivity index (χ0v) is 11.9. The highest BCUT2D eigenvalue weighted by atomic mass is 32.2. The van der Waals surface area contributed by atoms with Gasteiger partial charge in [0.05, 0.1) is 4.90 Å². The van der Waals surface area contributed by atoms with Crippen molar-refractivity contribution >= 4 is 20.8 Å². The van der Waals surface area contributed by atoms with E-state index in [1.807, 2.05) is 6.07 Å². The Balaban J connectivity index is 2.09. The van der Waals surface area contributed by atoms with E-state index in [4.69, 9.17) is 0 Å². The van der Waals surface area contributed by atoms with Crippen molar-refractivity contribution in [3.8, 4) is 0 Å². The zero-order chi connectivity index (χ0) is 14.0. The van der Waals surface area contributed by atoms with E-state index >= 15 is 0 Å². The number of hydrazine groups is 1. The number of benzene rings is 1. The lowest BCUT2D eigenvalue weighted by molar-refractivity contribution is 0.336. The Kier molecular flexibility index (Phi) is 3.69. The third-order valence-corrected chi connectivity index (χ3v) is 5.34. The van der Waals surface area contributed by atoms with E-state index in [0.717, 1.165) is 24.6 Å². The van der Waals surface area contributed by atoms with Gasteiger partial charge in [0, 0.05) is 36.3 Å². The maximum atomic E-state index is 12.8. The molecule has 106 valence electrons. The zero-order valence-electron chi connectivity index (χ0n) is 11.1. The molecule has 0 atom stereocenters. The van der Waals surface area contributed by atoms with Gasteiger partial charge in [-0.15, -0.1) is 4.41 Å². The minimum atomic E-state index is -3.52. The van der Waals surface area contributed by atoms with E-state index < -0.39 is 10.0 Å². The van der Waals surface area contributed by atoms with Crippen molar-refractivity contribution in [2.24, 2.45) is 0 Å². The third kappa shape index (κ3) is 2.42. The molecule has 1 saturated heterocycles. The molecule has 2 heterocycles. The molecular formula is C14H17N3O2S. The Bertz CT molecular complexity index is 702. The fraction of sp³-hybridized carbons (Fsp3) is 0.357. The molecule has 0 unspecified atom stereocenters. The molecule has 5 nitrogen and oxygen atoms in total. The van der Waals surface area contributed by atoms with E-state index in [2.05, 4.69) is 10.4 Å². The number of aromatic nitrogens is 1. The summed E-state index contributed by atoms with van der Waals surface area (Å²) in [6.45, 7) is 1.22. The predicted octanol–water partition coefficient (Wildman–Crippen LogP) is 1.91. The van der Waals surface area contributed by atoms with Gasteiger partial charge in [-0.3, -0.25) is 4.98 Å². The lowest BCUT2D eigenvalue weighted by Gasteiger charge is -2.21. The predicted molar refractivity (Wildman–Crippen MR) is 77.5 cm³/mol. The van der Waals surface area contributed by atoms with Gasteiger partial charge < -0.3 is 0 Å². The second-order valence-corrected chi connectivity index (χ2v) is 6.73. The number of nitrogens with zero attached hydrogens (tertiary/aromatic N) is 2. The van der Waals surface area contributed by atoms with Crippen LogP contribution in [0.3, 0.4) is 0 Å². The van der Waals surface area contributed by atoms with E-state index in [-0.39, 0.29) is 0 Å². The maximum absolute atomic E-state index is 12.8. The first-order chi connectivity index (χ1) is 9.69. The monoisotopic (exact) mass is 291 g/mol. The SMILES string of the molecule is O=S(=O)(c1cccc2cnccc12)N1CCCCCN1. The normalized spacial score (nSPS) is 18.0. The minimum Gasteiger partial charge on any atom is -0.264 e. The fourth-order valence-electron chi connectivity index (χ4n) is 2.48. The van der Waals surface area contributed by atoms with Crippen molar-refractivity contribution in [1.29, 1.82) is 0 Å². The molecule has 0 saturated carbocycles. The van der Waals surface area contributed by atoms with Crippen molar-refractivity contribution < 1.29 is 8.42 Å². The van der Waals surface area contributed by atoms with Crippen molar-refractivity contribution in [3.05, 3.63) is 36.7 Å². The van der Waals surface area contributed by atoms with Crippen LogP contribution in [0.1, 0.15) is 19.3 Å². The summed E-state index contributed by atoms with van der Waals surface area (Å²) in [5, 5.41) is 1.55. The number of nitrogens with one attached hydrogen (secondary N) is 1. The van der Waals surface area contributed by atoms with Crippen LogP contribution in [0.2, 0.25) is 0 Å². The van der Waals surface area contributed by atoms with Crippen LogP contribution < -0.4 is 5.43 Å². The van der Waals surface area contributed by atoms with Crippen LogP contribution in [0.15, 0.2) is 41.6 Å². The second kappa shape index (κ2) is 5.47. The lowest BCUT2D eigenvalue weighted by atomic mass is 10.2. The number of hydrogen-bond donors (Lipinski definition) is 1. The Hall–Kier alpha value is -1.50. The van der Waals surface area contributed by atoms with Gasteiger partial charge in [-0.05, 0) is 25.0 Å². The molecule has 1 aliphatic rings. The molecule has 1 N–H and O–H groups in total. The highest BCUT2D eigenvalue weighted by Crippen LogP contribution is 2.25. The molecule has 1 aromatic heterocycles. The summed E-state index contributed by atoms with van der Waals surface area (Å²) < 4.78 is 27.0. The van der Waals surface area contributed by atoms with E-state index in [1.54, 1.807) is 30.6 Å². The van der Waals surface area contributed by atoms with Gasteiger partial charge in [0.2, 0.25) is 0 Å². The van der Waals surface area contributed by atoms with Crippen LogP contribution in [-0.2, 0) is 10.0 Å². The van der Waals surface area contributed by atoms with Crippen LogP contribution in [0.25, 0.3) is 10.8 Å². The average molecular weight is 291 g/mol. The molecule has 1 aliphatic heterocycles. The number of fused-ring (bicyclic) bond motifs is 1. The van der Waals surface area contributed by atoms with Gasteiger partial charge in [0.15, 0.2) is 0 Å². The molecule has 6 heteroatoms. The van der Waals surface area contributed by atoms with Gasteiger partial charge >= 0.3 is 0 Å². The van der Waals surface area contributed by atoms with Gasteiger partial charge in [-0.2, -0.15) is 0 Å². The van der Waals surface area contributed by atoms with E-state index in [0.29, 0.717) is 23.4 Å². The number of rotatable bonds is 2. The third-order valence-electron chi connectivity index (χ3n) is 3.53. The first kappa shape index (κ1) is 13.5. The Morgan fingerprint density at radius 2 is 2.05 bits per heavy atom. The van der Waals surface area contributed by atoms with Gasteiger partial charge in [-0.1, -0.05) is 18.6 Å². The molecule has 0 aliphatic carbocycles. The molecular weight excluding hydrogens is 274 g/mol. The van der Waals surface area contributed by atoms with E-state index in [1.165, 1.54) is 4.41 Å². The molecule has 0 spiro atoms. The number of pyridine rings is 1. The second-order valence-electron chi connectivity index (χ2n) is 4.90. The summed E-state index contributed by atoms with van der Waals surface area (Å²) in [6, 6.07) is 7.04. The minimum absolute atomic E-state index is 0.340. The van der Waals surface area contributed by atoms with Crippen molar-refractivity contribution in [1.82, 2.24) is 14.8 Å². The standard InChI is InChI=1S/C14H17N3O2S/c18-20(19,17-10-3-1-2-8-16-17)14-6-4-5-12-11-15-9-7-13(12)14/h4-7,9,11,16H,1-3,8,10H2. The molecule has 20 heavy (non-hydrogen) atoms. The highest BCUT2D eigenvalue weighted by Gasteiger charge is 2.26. The average Bonchev–Trinajstić information content (AvgIpc) is 2.76. The van der Waals surface area contributed by atoms with Crippen molar-refractivity contribution in [3.63, 3.8) is 0 Å². The first-order valence-electron chi connectivity index (χ1n) is 6.78. The first-order valence-corrected chi connectivity index (χ1v) is 8.22. The van der Waals surface area contributed by atoms with Crippen molar-refractivity contribution in [2.45, 2.75) is 24.2 Å². The Morgan fingerprint density at radius 1 is 1.15 bits per heavy atom. The summed E-state index contributed by atoms with van der Waals surface area (Å²) in [6.07, 6.45) is 6.25. The van der Waals surface area contributed by atoms with Crippen LogP contribution in [0.5, 0.6) is 0 Å². The van der Waals surface area contributed by atoms with E-state index in [9.17, 15) is 8.42 Å². The molecule has 0 radical (unpaired) electrons. The summed E-state index contributed by atoms with van der Waals surface area (Å²) in [5.74, 6) is 0. The molecule has 0 bridgehead atoms. The van der Waals surface area contributed by atoms with Crippen LogP contribution in [0.4, 0.5) is 0 Å². The number of hydrogen-bond acceptors (Lipinski definition) is 4. The quantitative estimate of drug-likeness (QED) is 0.918. The summed E-state index contributed by atoms with van der Waals surface area (Å²) >= 11 is 0. The summed E-state index contributed by atoms with van der Waals surface area (Å²) in [7, 11) is -3.52. The molecule has 1 aromatic carbocycles. The Labute approximate surface area is 118 Å². The molecule has 0 amide bonds. The summed E-state index contributed by atoms with van der Waals surface area (Å²) in [4.78, 5) is 4.38.